The molecule has 4 aromatic rings. The van der Waals surface area contributed by atoms with Gasteiger partial charge in [0.25, 0.3) is 5.91 Å². The molecule has 1 aromatic heterocycles. The molecular weight excluding hydrogens is 495 g/mol. The van der Waals surface area contributed by atoms with E-state index in [4.69, 9.17) is 0 Å². The summed E-state index contributed by atoms with van der Waals surface area (Å²) in [5.41, 5.74) is 1.38. The van der Waals surface area contributed by atoms with Crippen LogP contribution in [-0.4, -0.2) is 33.6 Å². The standard InChI is InChI=1S/C26H19F5N4O2/c1-26(30,31)25(37)33-21-12-23(36)34(24(21)19-8-4-16(28)11-20(19)29)18-7-9-22-14(10-18)13-32-35(22)17-5-2-15(27)3-6-17/h2-11,13,21,24H,12H2,1H3,(H,33,37)/t21-,24?/m0/s1. The average molecular weight is 514 g/mol. The molecule has 5 rings (SSSR count). The predicted octanol–water partition coefficient (Wildman–Crippen LogP) is 5.06. The number of hydrogen-bond donors (Lipinski definition) is 1. The number of carbonyl (C=O) groups is 2. The second-order valence-electron chi connectivity index (χ2n) is 8.82. The first-order chi connectivity index (χ1) is 17.5. The van der Waals surface area contributed by atoms with E-state index in [0.29, 0.717) is 35.3 Å². The number of amides is 2. The number of benzene rings is 3. The number of alkyl halides is 2. The van der Waals surface area contributed by atoms with Crippen LogP contribution < -0.4 is 10.2 Å². The summed E-state index contributed by atoms with van der Waals surface area (Å²) in [6, 6.07) is 10.8. The van der Waals surface area contributed by atoms with Gasteiger partial charge in [-0.3, -0.25) is 9.59 Å². The van der Waals surface area contributed by atoms with Gasteiger partial charge >= 0.3 is 5.92 Å². The molecule has 1 N–H and O–H groups in total. The normalized spacial score (nSPS) is 18.0. The number of carbonyl (C=O) groups excluding carboxylic acids is 2. The van der Waals surface area contributed by atoms with Crippen molar-refractivity contribution >= 4 is 28.4 Å². The lowest BCUT2D eigenvalue weighted by Gasteiger charge is -2.30. The molecule has 0 aliphatic carbocycles. The fraction of sp³-hybridized carbons (Fsp3) is 0.192. The van der Waals surface area contributed by atoms with Crippen molar-refractivity contribution < 1.29 is 31.5 Å². The van der Waals surface area contributed by atoms with Gasteiger partial charge in [-0.25, -0.2) is 17.9 Å². The Morgan fingerprint density at radius 3 is 2.32 bits per heavy atom. The van der Waals surface area contributed by atoms with E-state index in [1.165, 1.54) is 23.2 Å². The fourth-order valence-electron chi connectivity index (χ4n) is 4.52. The molecule has 1 fully saturated rings. The van der Waals surface area contributed by atoms with Gasteiger partial charge in [0.05, 0.1) is 29.5 Å². The quantitative estimate of drug-likeness (QED) is 0.379. The Labute approximate surface area is 207 Å². The first kappa shape index (κ1) is 24.4. The Morgan fingerprint density at radius 1 is 0.973 bits per heavy atom. The van der Waals surface area contributed by atoms with E-state index >= 15 is 0 Å². The second-order valence-corrected chi connectivity index (χ2v) is 8.82. The molecule has 2 heterocycles. The van der Waals surface area contributed by atoms with Crippen LogP contribution in [-0.2, 0) is 9.59 Å². The third-order valence-electron chi connectivity index (χ3n) is 6.22. The van der Waals surface area contributed by atoms with E-state index in [9.17, 15) is 31.5 Å². The number of rotatable bonds is 5. The highest BCUT2D eigenvalue weighted by atomic mass is 19.3. The highest BCUT2D eigenvalue weighted by Crippen LogP contribution is 2.40. The fourth-order valence-corrected chi connectivity index (χ4v) is 4.52. The summed E-state index contributed by atoms with van der Waals surface area (Å²) in [5, 5.41) is 7.04. The number of nitrogens with zero attached hydrogens (tertiary/aromatic N) is 3. The van der Waals surface area contributed by atoms with E-state index in [1.807, 2.05) is 0 Å². The van der Waals surface area contributed by atoms with Crippen molar-refractivity contribution in [3.63, 3.8) is 0 Å². The van der Waals surface area contributed by atoms with Gasteiger partial charge in [0.2, 0.25) is 5.91 Å². The van der Waals surface area contributed by atoms with E-state index in [1.54, 1.807) is 35.0 Å². The van der Waals surface area contributed by atoms with Crippen LogP contribution in [0.4, 0.5) is 27.6 Å². The third-order valence-corrected chi connectivity index (χ3v) is 6.22. The van der Waals surface area contributed by atoms with Crippen LogP contribution in [0, 0.1) is 17.5 Å². The van der Waals surface area contributed by atoms with Crippen molar-refractivity contribution in [3.05, 3.63) is 89.9 Å². The Hall–Kier alpha value is -4.28. The molecule has 0 spiro atoms. The maximum absolute atomic E-state index is 14.9. The number of fused-ring (bicyclic) bond motifs is 1. The lowest BCUT2D eigenvalue weighted by atomic mass is 9.98. The Kier molecular flexibility index (Phi) is 5.93. The van der Waals surface area contributed by atoms with Crippen LogP contribution in [0.25, 0.3) is 16.6 Å². The van der Waals surface area contributed by atoms with Gasteiger partial charge in [-0.1, -0.05) is 6.07 Å². The lowest BCUT2D eigenvalue weighted by molar-refractivity contribution is -0.143. The maximum atomic E-state index is 14.9. The van der Waals surface area contributed by atoms with Gasteiger partial charge in [0, 0.05) is 36.0 Å². The molecule has 1 unspecified atom stereocenters. The highest BCUT2D eigenvalue weighted by molar-refractivity contribution is 6.00. The second kappa shape index (κ2) is 8.99. The van der Waals surface area contributed by atoms with Crippen molar-refractivity contribution in [1.82, 2.24) is 15.1 Å². The predicted molar refractivity (Wildman–Crippen MR) is 125 cm³/mol. The van der Waals surface area contributed by atoms with Crippen molar-refractivity contribution in [2.24, 2.45) is 0 Å². The number of anilines is 1. The van der Waals surface area contributed by atoms with Crippen molar-refractivity contribution in [2.45, 2.75) is 31.4 Å². The number of halogens is 5. The molecule has 0 saturated carbocycles. The molecule has 1 aliphatic rings. The molecule has 2 atom stereocenters. The van der Waals surface area contributed by atoms with Crippen LogP contribution in [0.3, 0.4) is 0 Å². The zero-order chi connectivity index (χ0) is 26.5. The first-order valence-electron chi connectivity index (χ1n) is 11.2. The summed E-state index contributed by atoms with van der Waals surface area (Å²) in [7, 11) is 0. The largest absolute Gasteiger partial charge is 0.345 e. The SMILES string of the molecule is CC(F)(F)C(=O)N[C@H]1CC(=O)N(c2ccc3c(cnn3-c3ccc(F)cc3)c2)C1c1ccc(F)cc1F. The van der Waals surface area contributed by atoms with Crippen LogP contribution >= 0.6 is 0 Å². The minimum Gasteiger partial charge on any atom is -0.345 e. The summed E-state index contributed by atoms with van der Waals surface area (Å²) in [6.45, 7) is 0.414. The lowest BCUT2D eigenvalue weighted by Crippen LogP contribution is -2.46. The molecule has 37 heavy (non-hydrogen) atoms. The van der Waals surface area contributed by atoms with E-state index in [2.05, 4.69) is 10.4 Å². The molecule has 2 amide bonds. The molecule has 1 saturated heterocycles. The molecule has 3 aromatic carbocycles. The van der Waals surface area contributed by atoms with E-state index in [-0.39, 0.29) is 12.0 Å². The molecule has 6 nitrogen and oxygen atoms in total. The highest BCUT2D eigenvalue weighted by Gasteiger charge is 2.46. The molecular formula is C26H19F5N4O2. The molecule has 1 aliphatic heterocycles. The van der Waals surface area contributed by atoms with Crippen molar-refractivity contribution in [2.75, 3.05) is 4.90 Å². The summed E-state index contributed by atoms with van der Waals surface area (Å²) >= 11 is 0. The number of nitrogens with one attached hydrogen (secondary N) is 1. The average Bonchev–Trinajstić information content (AvgIpc) is 3.39. The first-order valence-corrected chi connectivity index (χ1v) is 11.2. The summed E-state index contributed by atoms with van der Waals surface area (Å²) < 4.78 is 70.6. The minimum atomic E-state index is -3.73. The van der Waals surface area contributed by atoms with Gasteiger partial charge in [-0.2, -0.15) is 13.9 Å². The van der Waals surface area contributed by atoms with Gasteiger partial charge < -0.3 is 10.2 Å². The number of aromatic nitrogens is 2. The zero-order valence-corrected chi connectivity index (χ0v) is 19.3. The topological polar surface area (TPSA) is 67.2 Å². The maximum Gasteiger partial charge on any atom is 0.321 e. The minimum absolute atomic E-state index is 0.140. The van der Waals surface area contributed by atoms with E-state index in [0.717, 1.165) is 12.1 Å². The van der Waals surface area contributed by atoms with Crippen LogP contribution in [0.5, 0.6) is 0 Å². The van der Waals surface area contributed by atoms with Crippen LogP contribution in [0.15, 0.2) is 66.9 Å². The third kappa shape index (κ3) is 4.52. The van der Waals surface area contributed by atoms with Gasteiger partial charge in [-0.15, -0.1) is 0 Å². The van der Waals surface area contributed by atoms with Gasteiger partial charge in [0.15, 0.2) is 0 Å². The summed E-state index contributed by atoms with van der Waals surface area (Å²) in [6.07, 6.45) is 1.14. The van der Waals surface area contributed by atoms with Crippen LogP contribution in [0.1, 0.15) is 24.9 Å². The molecule has 11 heteroatoms. The van der Waals surface area contributed by atoms with E-state index < -0.39 is 47.3 Å². The number of hydrogen-bond acceptors (Lipinski definition) is 3. The Balaban J connectivity index is 1.57. The van der Waals surface area contributed by atoms with Crippen LogP contribution in [0.2, 0.25) is 0 Å². The monoisotopic (exact) mass is 514 g/mol. The summed E-state index contributed by atoms with van der Waals surface area (Å²) in [5.74, 6) is -8.14. The molecule has 0 bridgehead atoms. The van der Waals surface area contributed by atoms with Gasteiger partial charge in [0.1, 0.15) is 17.5 Å². The van der Waals surface area contributed by atoms with Crippen molar-refractivity contribution in [3.8, 4) is 5.69 Å². The summed E-state index contributed by atoms with van der Waals surface area (Å²) in [4.78, 5) is 26.3. The zero-order valence-electron chi connectivity index (χ0n) is 19.3. The molecule has 190 valence electrons. The van der Waals surface area contributed by atoms with Crippen molar-refractivity contribution in [1.29, 1.82) is 0 Å². The Morgan fingerprint density at radius 2 is 1.65 bits per heavy atom. The smallest absolute Gasteiger partial charge is 0.321 e. The molecule has 0 radical (unpaired) electrons. The van der Waals surface area contributed by atoms with Gasteiger partial charge in [-0.05, 0) is 48.5 Å². The Bertz CT molecular complexity index is 1510.